The van der Waals surface area contributed by atoms with Crippen LogP contribution in [0, 0.1) is 0 Å². The first-order chi connectivity index (χ1) is 10.3. The first-order valence-electron chi connectivity index (χ1n) is 7.02. The molecule has 1 heterocycles. The Kier molecular flexibility index (Phi) is 4.17. The highest BCUT2D eigenvalue weighted by Gasteiger charge is 2.22. The molecule has 0 fully saturated rings. The Morgan fingerprint density at radius 3 is 2.50 bits per heavy atom. The summed E-state index contributed by atoms with van der Waals surface area (Å²) in [6, 6.07) is 4.70. The van der Waals surface area contributed by atoms with Gasteiger partial charge in [0.2, 0.25) is 0 Å². The molecule has 5 heteroatoms. The first kappa shape index (κ1) is 15.9. The molecule has 116 valence electrons. The average molecular weight is 302 g/mol. The molecule has 5 nitrogen and oxygen atoms in total. The Balaban J connectivity index is 2.80. The van der Waals surface area contributed by atoms with Gasteiger partial charge in [0.15, 0.2) is 0 Å². The number of hydrogen-bond acceptors (Lipinski definition) is 5. The van der Waals surface area contributed by atoms with Gasteiger partial charge in [-0.05, 0) is 30.5 Å². The summed E-state index contributed by atoms with van der Waals surface area (Å²) in [4.78, 5) is 35.0. The smallest absolute Gasteiger partial charge is 0.351 e. The van der Waals surface area contributed by atoms with Crippen molar-refractivity contribution in [1.82, 2.24) is 0 Å². The minimum atomic E-state index is -0.740. The third-order valence-corrected chi connectivity index (χ3v) is 3.29. The molecule has 0 saturated carbocycles. The molecule has 0 aliphatic rings. The minimum Gasteiger partial charge on any atom is -0.462 e. The van der Waals surface area contributed by atoms with Gasteiger partial charge < -0.3 is 9.15 Å². The highest BCUT2D eigenvalue weighted by Crippen LogP contribution is 2.30. The van der Waals surface area contributed by atoms with Crippen molar-refractivity contribution in [1.29, 1.82) is 0 Å². The molecule has 0 unspecified atom stereocenters. The summed E-state index contributed by atoms with van der Waals surface area (Å²) in [5.41, 5.74) is 0.350. The van der Waals surface area contributed by atoms with Gasteiger partial charge in [0.1, 0.15) is 17.4 Å². The lowest BCUT2D eigenvalue weighted by atomic mass is 9.85. The Hall–Kier alpha value is -2.43. The molecule has 1 aromatic heterocycles. The van der Waals surface area contributed by atoms with Crippen LogP contribution in [0.5, 0.6) is 0 Å². The molecule has 0 radical (unpaired) electrons. The maximum absolute atomic E-state index is 12.0. The fourth-order valence-corrected chi connectivity index (χ4v) is 2.23. The van der Waals surface area contributed by atoms with E-state index in [1.54, 1.807) is 19.1 Å². The lowest BCUT2D eigenvalue weighted by Crippen LogP contribution is -2.18. The summed E-state index contributed by atoms with van der Waals surface area (Å²) in [6.45, 7) is 7.68. The van der Waals surface area contributed by atoms with Crippen LogP contribution in [0.3, 0.4) is 0 Å². The van der Waals surface area contributed by atoms with Gasteiger partial charge in [0, 0.05) is 16.5 Å². The van der Waals surface area contributed by atoms with E-state index in [1.165, 1.54) is 6.07 Å². The van der Waals surface area contributed by atoms with Crippen LogP contribution in [0.4, 0.5) is 0 Å². The number of hydrogen-bond donors (Lipinski definition) is 0. The minimum absolute atomic E-state index is 0.165. The highest BCUT2D eigenvalue weighted by molar-refractivity contribution is 5.95. The lowest BCUT2D eigenvalue weighted by molar-refractivity contribution is 0.0521. The Bertz CT molecular complexity index is 793. The second-order valence-electron chi connectivity index (χ2n) is 6.02. The monoisotopic (exact) mass is 302 g/mol. The first-order valence-corrected chi connectivity index (χ1v) is 7.02. The van der Waals surface area contributed by atoms with Crippen LogP contribution in [-0.2, 0) is 10.2 Å². The van der Waals surface area contributed by atoms with E-state index < -0.39 is 11.6 Å². The van der Waals surface area contributed by atoms with Gasteiger partial charge in [-0.25, -0.2) is 9.59 Å². The van der Waals surface area contributed by atoms with Gasteiger partial charge in [-0.15, -0.1) is 0 Å². The second kappa shape index (κ2) is 5.75. The van der Waals surface area contributed by atoms with E-state index in [4.69, 9.17) is 9.15 Å². The van der Waals surface area contributed by atoms with E-state index in [2.05, 4.69) is 0 Å². The number of ether oxygens (including phenoxy) is 1. The van der Waals surface area contributed by atoms with Crippen molar-refractivity contribution in [2.45, 2.75) is 33.1 Å². The summed E-state index contributed by atoms with van der Waals surface area (Å²) >= 11 is 0. The van der Waals surface area contributed by atoms with Gasteiger partial charge in [0.25, 0.3) is 0 Å². The number of fused-ring (bicyclic) bond motifs is 1. The predicted octanol–water partition coefficient (Wildman–Crippen LogP) is 3.08. The van der Waals surface area contributed by atoms with Gasteiger partial charge in [-0.2, -0.15) is 0 Å². The third-order valence-electron chi connectivity index (χ3n) is 3.29. The molecule has 0 N–H and O–H groups in total. The van der Waals surface area contributed by atoms with Crippen molar-refractivity contribution >= 4 is 23.2 Å². The number of esters is 1. The van der Waals surface area contributed by atoms with Crippen molar-refractivity contribution in [3.63, 3.8) is 0 Å². The zero-order valence-corrected chi connectivity index (χ0v) is 13.1. The van der Waals surface area contributed by atoms with Crippen LogP contribution >= 0.6 is 0 Å². The quantitative estimate of drug-likeness (QED) is 0.495. The molecule has 2 aromatic rings. The number of rotatable bonds is 3. The molecular weight excluding hydrogens is 284 g/mol. The molecule has 0 atom stereocenters. The standard InChI is InChI=1S/C17H18O5/c1-5-21-15(19)12-8-11-6-10(9-18)7-13(17(2,3)4)14(11)22-16(12)20/h6-9H,5H2,1-4H3. The van der Waals surface area contributed by atoms with Gasteiger partial charge in [0.05, 0.1) is 6.61 Å². The molecule has 1 aromatic carbocycles. The van der Waals surface area contributed by atoms with Gasteiger partial charge in [-0.1, -0.05) is 20.8 Å². The van der Waals surface area contributed by atoms with E-state index in [0.717, 1.165) is 11.8 Å². The molecular formula is C17H18O5. The molecule has 0 spiro atoms. The van der Waals surface area contributed by atoms with Gasteiger partial charge in [-0.3, -0.25) is 4.79 Å². The molecule has 0 aliphatic carbocycles. The van der Waals surface area contributed by atoms with E-state index in [9.17, 15) is 14.4 Å². The van der Waals surface area contributed by atoms with E-state index in [0.29, 0.717) is 16.5 Å². The Morgan fingerprint density at radius 2 is 1.95 bits per heavy atom. The number of carbonyl (C=O) groups excluding carboxylic acids is 2. The number of aldehydes is 1. The summed E-state index contributed by atoms with van der Waals surface area (Å²) in [5, 5.41) is 0.525. The predicted molar refractivity (Wildman–Crippen MR) is 82.5 cm³/mol. The molecule has 2 rings (SSSR count). The lowest BCUT2D eigenvalue weighted by Gasteiger charge is -2.20. The summed E-state index contributed by atoms with van der Waals surface area (Å²) in [7, 11) is 0. The van der Waals surface area contributed by atoms with Crippen molar-refractivity contribution < 1.29 is 18.7 Å². The van der Waals surface area contributed by atoms with Crippen LogP contribution in [0.15, 0.2) is 27.4 Å². The number of benzene rings is 1. The number of carbonyl (C=O) groups is 2. The fraction of sp³-hybridized carbons (Fsp3) is 0.353. The largest absolute Gasteiger partial charge is 0.462 e. The highest BCUT2D eigenvalue weighted by atomic mass is 16.5. The molecule has 0 bridgehead atoms. The van der Waals surface area contributed by atoms with Crippen molar-refractivity contribution in [3.05, 3.63) is 45.3 Å². The maximum atomic E-state index is 12.0. The van der Waals surface area contributed by atoms with Crippen LogP contribution in [0.2, 0.25) is 0 Å². The third kappa shape index (κ3) is 2.93. The summed E-state index contributed by atoms with van der Waals surface area (Å²) < 4.78 is 10.2. The summed E-state index contributed by atoms with van der Waals surface area (Å²) in [6.07, 6.45) is 0.726. The van der Waals surface area contributed by atoms with E-state index in [-0.39, 0.29) is 17.6 Å². The Labute approximate surface area is 127 Å². The van der Waals surface area contributed by atoms with Crippen LogP contribution in [0.1, 0.15) is 54.0 Å². The molecule has 0 saturated heterocycles. The molecule has 0 amide bonds. The van der Waals surface area contributed by atoms with E-state index >= 15 is 0 Å². The maximum Gasteiger partial charge on any atom is 0.351 e. The fourth-order valence-electron chi connectivity index (χ4n) is 2.23. The zero-order chi connectivity index (χ0) is 16.5. The summed E-state index contributed by atoms with van der Waals surface area (Å²) in [5.74, 6) is -0.730. The average Bonchev–Trinajstić information content (AvgIpc) is 2.44. The van der Waals surface area contributed by atoms with Crippen LogP contribution < -0.4 is 5.63 Å². The second-order valence-corrected chi connectivity index (χ2v) is 6.02. The molecule has 0 aliphatic heterocycles. The topological polar surface area (TPSA) is 73.6 Å². The van der Waals surface area contributed by atoms with E-state index in [1.807, 2.05) is 20.8 Å². The molecule has 22 heavy (non-hydrogen) atoms. The van der Waals surface area contributed by atoms with Crippen molar-refractivity contribution in [3.8, 4) is 0 Å². The zero-order valence-electron chi connectivity index (χ0n) is 13.1. The van der Waals surface area contributed by atoms with Crippen molar-refractivity contribution in [2.24, 2.45) is 0 Å². The van der Waals surface area contributed by atoms with Crippen LogP contribution in [0.25, 0.3) is 11.0 Å². The Morgan fingerprint density at radius 1 is 1.27 bits per heavy atom. The van der Waals surface area contributed by atoms with Gasteiger partial charge >= 0.3 is 11.6 Å². The van der Waals surface area contributed by atoms with Crippen LogP contribution in [-0.4, -0.2) is 18.9 Å². The normalized spacial score (nSPS) is 11.5. The SMILES string of the molecule is CCOC(=O)c1cc2cc(C=O)cc(C(C)(C)C)c2oc1=O. The van der Waals surface area contributed by atoms with Crippen molar-refractivity contribution in [2.75, 3.05) is 6.61 Å².